The highest BCUT2D eigenvalue weighted by atomic mass is 32.1. The number of rotatable bonds is 2. The third kappa shape index (κ3) is 2.40. The molecule has 2 saturated heterocycles. The maximum atomic E-state index is 12.9. The molecule has 2 aromatic rings. The number of thiazole rings is 1. The lowest BCUT2D eigenvalue weighted by Crippen LogP contribution is -2.25. The summed E-state index contributed by atoms with van der Waals surface area (Å²) in [4.78, 5) is 14.7. The molecule has 4 heterocycles. The summed E-state index contributed by atoms with van der Waals surface area (Å²) in [5.74, 6) is 0.637. The highest BCUT2D eigenvalue weighted by Gasteiger charge is 2.43. The van der Waals surface area contributed by atoms with Crippen molar-refractivity contribution in [3.8, 4) is 0 Å². The van der Waals surface area contributed by atoms with Gasteiger partial charge in [0, 0.05) is 30.1 Å². The molecule has 0 saturated carbocycles. The van der Waals surface area contributed by atoms with Gasteiger partial charge in [-0.1, -0.05) is 0 Å². The molecule has 21 heavy (non-hydrogen) atoms. The first-order chi connectivity index (χ1) is 10.2. The first kappa shape index (κ1) is 13.1. The Labute approximate surface area is 125 Å². The second-order valence-electron chi connectivity index (χ2n) is 5.59. The largest absolute Gasteiger partial charge is 0.366 e. The standard InChI is InChI=1S/C14H15FN4OS/c1-8-7-21-13(18-8)11-2-9-5-19(6-12(9)20-11)14-16-3-10(15)4-17-14/h3-4,7,9,11-12H,2,5-6H2,1H3/t9-,11-,12+/m0/s1. The lowest BCUT2D eigenvalue weighted by molar-refractivity contribution is 0.0488. The van der Waals surface area contributed by atoms with Crippen molar-refractivity contribution in [3.63, 3.8) is 0 Å². The zero-order valence-corrected chi connectivity index (χ0v) is 12.4. The second kappa shape index (κ2) is 4.99. The summed E-state index contributed by atoms with van der Waals surface area (Å²) < 4.78 is 19.0. The molecule has 0 spiro atoms. The predicted octanol–water partition coefficient (Wildman–Crippen LogP) is 2.35. The van der Waals surface area contributed by atoms with E-state index >= 15 is 0 Å². The molecule has 4 rings (SSSR count). The fourth-order valence-corrected chi connectivity index (χ4v) is 3.92. The van der Waals surface area contributed by atoms with Crippen LogP contribution in [-0.4, -0.2) is 34.1 Å². The second-order valence-corrected chi connectivity index (χ2v) is 6.48. The molecule has 2 aromatic heterocycles. The lowest BCUT2D eigenvalue weighted by Gasteiger charge is -2.18. The number of aryl methyl sites for hydroxylation is 1. The molecule has 2 fully saturated rings. The van der Waals surface area contributed by atoms with Crippen molar-refractivity contribution < 1.29 is 9.13 Å². The number of halogens is 1. The molecule has 0 unspecified atom stereocenters. The molecular formula is C14H15FN4OS. The Kier molecular flexibility index (Phi) is 3.11. The average Bonchev–Trinajstić information content (AvgIpc) is 3.13. The van der Waals surface area contributed by atoms with Gasteiger partial charge in [-0.25, -0.2) is 19.3 Å². The van der Waals surface area contributed by atoms with Gasteiger partial charge in [-0.05, 0) is 13.3 Å². The fraction of sp³-hybridized carbons (Fsp3) is 0.500. The van der Waals surface area contributed by atoms with Crippen LogP contribution in [-0.2, 0) is 4.74 Å². The van der Waals surface area contributed by atoms with E-state index in [0.29, 0.717) is 11.9 Å². The van der Waals surface area contributed by atoms with E-state index in [4.69, 9.17) is 4.74 Å². The Morgan fingerprint density at radius 1 is 1.33 bits per heavy atom. The number of ether oxygens (including phenoxy) is 1. The van der Waals surface area contributed by atoms with Crippen molar-refractivity contribution in [2.45, 2.75) is 25.6 Å². The van der Waals surface area contributed by atoms with Gasteiger partial charge >= 0.3 is 0 Å². The summed E-state index contributed by atoms with van der Waals surface area (Å²) in [6, 6.07) is 0. The van der Waals surface area contributed by atoms with Gasteiger partial charge in [0.15, 0.2) is 5.82 Å². The fourth-order valence-electron chi connectivity index (χ4n) is 3.07. The number of nitrogens with zero attached hydrogens (tertiary/aromatic N) is 4. The number of fused-ring (bicyclic) bond motifs is 1. The molecule has 110 valence electrons. The first-order valence-corrected chi connectivity index (χ1v) is 7.87. The van der Waals surface area contributed by atoms with Gasteiger partial charge in [0.05, 0.1) is 18.5 Å². The van der Waals surface area contributed by atoms with Crippen molar-refractivity contribution in [2.24, 2.45) is 5.92 Å². The van der Waals surface area contributed by atoms with E-state index in [9.17, 15) is 4.39 Å². The number of aromatic nitrogens is 3. The maximum Gasteiger partial charge on any atom is 0.225 e. The Morgan fingerprint density at radius 3 is 2.81 bits per heavy atom. The topological polar surface area (TPSA) is 51.1 Å². The van der Waals surface area contributed by atoms with Crippen LogP contribution in [0.1, 0.15) is 23.2 Å². The number of anilines is 1. The first-order valence-electron chi connectivity index (χ1n) is 6.99. The van der Waals surface area contributed by atoms with Crippen LogP contribution in [0.15, 0.2) is 17.8 Å². The van der Waals surface area contributed by atoms with Gasteiger partial charge < -0.3 is 9.64 Å². The van der Waals surface area contributed by atoms with Gasteiger partial charge in [0.25, 0.3) is 0 Å². The van der Waals surface area contributed by atoms with Crippen LogP contribution >= 0.6 is 11.3 Å². The normalized spacial score (nSPS) is 28.1. The van der Waals surface area contributed by atoms with Gasteiger partial charge in [-0.3, -0.25) is 0 Å². The third-order valence-corrected chi connectivity index (χ3v) is 5.09. The zero-order valence-electron chi connectivity index (χ0n) is 11.6. The molecule has 0 N–H and O–H groups in total. The molecule has 0 radical (unpaired) electrons. The summed E-state index contributed by atoms with van der Waals surface area (Å²) in [6.07, 6.45) is 3.70. The van der Waals surface area contributed by atoms with Crippen molar-refractivity contribution in [3.05, 3.63) is 34.3 Å². The highest BCUT2D eigenvalue weighted by molar-refractivity contribution is 7.09. The molecule has 0 aromatic carbocycles. The maximum absolute atomic E-state index is 12.9. The molecule has 2 aliphatic heterocycles. The van der Waals surface area contributed by atoms with Crippen LogP contribution in [0.25, 0.3) is 0 Å². The van der Waals surface area contributed by atoms with E-state index in [1.807, 2.05) is 6.92 Å². The SMILES string of the molecule is Cc1csc([C@@H]2C[C@H]3CN(c4ncc(F)cn4)C[C@H]3O2)n1. The zero-order chi connectivity index (χ0) is 14.4. The van der Waals surface area contributed by atoms with E-state index in [1.54, 1.807) is 11.3 Å². The highest BCUT2D eigenvalue weighted by Crippen LogP contribution is 2.42. The van der Waals surface area contributed by atoms with Crippen molar-refractivity contribution in [2.75, 3.05) is 18.0 Å². The van der Waals surface area contributed by atoms with Crippen molar-refractivity contribution >= 4 is 17.3 Å². The predicted molar refractivity (Wildman–Crippen MR) is 76.8 cm³/mol. The van der Waals surface area contributed by atoms with E-state index in [0.717, 1.165) is 30.2 Å². The number of hydrogen-bond acceptors (Lipinski definition) is 6. The van der Waals surface area contributed by atoms with Gasteiger partial charge in [0.1, 0.15) is 11.1 Å². The lowest BCUT2D eigenvalue weighted by atomic mass is 10.0. The molecule has 0 aliphatic carbocycles. The van der Waals surface area contributed by atoms with Crippen LogP contribution in [0.4, 0.5) is 10.3 Å². The third-order valence-electron chi connectivity index (χ3n) is 4.04. The Bertz CT molecular complexity index is 633. The molecule has 7 heteroatoms. The summed E-state index contributed by atoms with van der Waals surface area (Å²) in [5.41, 5.74) is 1.05. The van der Waals surface area contributed by atoms with Crippen LogP contribution in [0.3, 0.4) is 0 Å². The summed E-state index contributed by atoms with van der Waals surface area (Å²) in [7, 11) is 0. The summed E-state index contributed by atoms with van der Waals surface area (Å²) in [5, 5.41) is 3.14. The van der Waals surface area contributed by atoms with Gasteiger partial charge in [0.2, 0.25) is 5.95 Å². The molecule has 0 bridgehead atoms. The van der Waals surface area contributed by atoms with Gasteiger partial charge in [-0.15, -0.1) is 11.3 Å². The Balaban J connectivity index is 1.44. The summed E-state index contributed by atoms with van der Waals surface area (Å²) >= 11 is 1.67. The van der Waals surface area contributed by atoms with E-state index < -0.39 is 5.82 Å². The van der Waals surface area contributed by atoms with Crippen LogP contribution in [0.5, 0.6) is 0 Å². The van der Waals surface area contributed by atoms with Crippen LogP contribution in [0.2, 0.25) is 0 Å². The number of hydrogen-bond donors (Lipinski definition) is 0. The average molecular weight is 306 g/mol. The molecule has 2 aliphatic rings. The molecule has 3 atom stereocenters. The van der Waals surface area contributed by atoms with Crippen molar-refractivity contribution in [1.29, 1.82) is 0 Å². The minimum atomic E-state index is -0.409. The van der Waals surface area contributed by atoms with E-state index in [2.05, 4.69) is 25.2 Å². The van der Waals surface area contributed by atoms with Gasteiger partial charge in [-0.2, -0.15) is 0 Å². The van der Waals surface area contributed by atoms with Crippen LogP contribution < -0.4 is 4.90 Å². The van der Waals surface area contributed by atoms with E-state index in [-0.39, 0.29) is 12.2 Å². The minimum Gasteiger partial charge on any atom is -0.366 e. The summed E-state index contributed by atoms with van der Waals surface area (Å²) in [6.45, 7) is 3.62. The monoisotopic (exact) mass is 306 g/mol. The smallest absolute Gasteiger partial charge is 0.225 e. The van der Waals surface area contributed by atoms with Crippen LogP contribution in [0, 0.1) is 18.7 Å². The Morgan fingerprint density at radius 2 is 2.14 bits per heavy atom. The Hall–Kier alpha value is -1.60. The van der Waals surface area contributed by atoms with E-state index in [1.165, 1.54) is 12.4 Å². The van der Waals surface area contributed by atoms with Crippen molar-refractivity contribution in [1.82, 2.24) is 15.0 Å². The minimum absolute atomic E-state index is 0.120. The quantitative estimate of drug-likeness (QED) is 0.852. The molecule has 5 nitrogen and oxygen atoms in total. The molecule has 0 amide bonds. The molecular weight excluding hydrogens is 291 g/mol.